The van der Waals surface area contributed by atoms with Gasteiger partial charge in [0.1, 0.15) is 5.69 Å². The van der Waals surface area contributed by atoms with Gasteiger partial charge in [-0.1, -0.05) is 11.6 Å². The second kappa shape index (κ2) is 7.19. The minimum Gasteiger partial charge on any atom is -0.359 e. The Labute approximate surface area is 147 Å². The van der Waals surface area contributed by atoms with Crippen molar-refractivity contribution in [2.24, 2.45) is 0 Å². The standard InChI is InChI=1S/C19H23N5O/c1-24(13-19-16-7-3-2-4-8-17(16)21-22-19)12-15-10-18(23-25-15)14-6-5-9-20-11-14/h5-6,9-11H,2-4,7-8,12-13H2,1H3,(H,21,22). The molecule has 0 atom stereocenters. The zero-order valence-electron chi connectivity index (χ0n) is 14.5. The van der Waals surface area contributed by atoms with E-state index in [2.05, 4.69) is 32.3 Å². The molecule has 0 aliphatic heterocycles. The van der Waals surface area contributed by atoms with Gasteiger partial charge in [0.05, 0.1) is 12.2 Å². The molecule has 0 aromatic carbocycles. The van der Waals surface area contributed by atoms with E-state index in [1.54, 1.807) is 12.4 Å². The Morgan fingerprint density at radius 2 is 2.12 bits per heavy atom. The number of aromatic amines is 1. The zero-order valence-corrected chi connectivity index (χ0v) is 14.5. The van der Waals surface area contributed by atoms with Gasteiger partial charge in [0.25, 0.3) is 0 Å². The van der Waals surface area contributed by atoms with Gasteiger partial charge in [-0.2, -0.15) is 5.10 Å². The number of hydrogen-bond acceptors (Lipinski definition) is 5. The van der Waals surface area contributed by atoms with Gasteiger partial charge in [0.15, 0.2) is 5.76 Å². The quantitative estimate of drug-likeness (QED) is 0.723. The molecule has 25 heavy (non-hydrogen) atoms. The molecule has 3 heterocycles. The highest BCUT2D eigenvalue weighted by Crippen LogP contribution is 2.23. The van der Waals surface area contributed by atoms with Crippen molar-refractivity contribution < 1.29 is 4.52 Å². The van der Waals surface area contributed by atoms with Gasteiger partial charge >= 0.3 is 0 Å². The molecule has 1 N–H and O–H groups in total. The Bertz CT molecular complexity index is 823. The van der Waals surface area contributed by atoms with Crippen LogP contribution in [0.4, 0.5) is 0 Å². The Hall–Kier alpha value is -2.47. The fourth-order valence-corrected chi connectivity index (χ4v) is 3.47. The summed E-state index contributed by atoms with van der Waals surface area (Å²) in [6, 6.07) is 5.87. The zero-order chi connectivity index (χ0) is 17.1. The first-order valence-corrected chi connectivity index (χ1v) is 8.89. The lowest BCUT2D eigenvalue weighted by molar-refractivity contribution is 0.264. The van der Waals surface area contributed by atoms with E-state index in [0.717, 1.165) is 36.4 Å². The van der Waals surface area contributed by atoms with Crippen molar-refractivity contribution in [3.05, 3.63) is 53.3 Å². The minimum absolute atomic E-state index is 0.703. The van der Waals surface area contributed by atoms with Crippen LogP contribution in [0, 0.1) is 0 Å². The average molecular weight is 337 g/mol. The van der Waals surface area contributed by atoms with Crippen LogP contribution in [-0.4, -0.2) is 32.3 Å². The maximum absolute atomic E-state index is 5.49. The Morgan fingerprint density at radius 1 is 1.20 bits per heavy atom. The highest BCUT2D eigenvalue weighted by Gasteiger charge is 2.17. The molecule has 0 amide bonds. The number of nitrogens with one attached hydrogen (secondary N) is 1. The maximum atomic E-state index is 5.49. The number of nitrogens with zero attached hydrogens (tertiary/aromatic N) is 4. The SMILES string of the molecule is CN(Cc1cc(-c2cccnc2)no1)Cc1n[nH]c2c1CCCCC2. The summed E-state index contributed by atoms with van der Waals surface area (Å²) >= 11 is 0. The summed E-state index contributed by atoms with van der Waals surface area (Å²) in [7, 11) is 2.09. The summed E-state index contributed by atoms with van der Waals surface area (Å²) in [5.74, 6) is 0.850. The molecule has 0 radical (unpaired) electrons. The molecule has 0 saturated carbocycles. The minimum atomic E-state index is 0.703. The molecular weight excluding hydrogens is 314 g/mol. The van der Waals surface area contributed by atoms with Crippen molar-refractivity contribution in [2.45, 2.75) is 45.2 Å². The van der Waals surface area contributed by atoms with Crippen LogP contribution in [0.3, 0.4) is 0 Å². The van der Waals surface area contributed by atoms with Crippen molar-refractivity contribution in [1.29, 1.82) is 0 Å². The van der Waals surface area contributed by atoms with Crippen LogP contribution in [0.5, 0.6) is 0 Å². The molecule has 3 aromatic heterocycles. The molecule has 6 nitrogen and oxygen atoms in total. The second-order valence-electron chi connectivity index (χ2n) is 6.78. The Balaban J connectivity index is 1.42. The average Bonchev–Trinajstić information content (AvgIpc) is 3.16. The molecule has 3 aromatic rings. The predicted molar refractivity (Wildman–Crippen MR) is 94.8 cm³/mol. The summed E-state index contributed by atoms with van der Waals surface area (Å²) in [5.41, 5.74) is 5.73. The van der Waals surface area contributed by atoms with Crippen LogP contribution in [0.15, 0.2) is 35.1 Å². The Kier molecular flexibility index (Phi) is 4.61. The maximum Gasteiger partial charge on any atom is 0.151 e. The number of pyridine rings is 1. The molecule has 0 spiro atoms. The first-order chi connectivity index (χ1) is 12.3. The molecule has 0 bridgehead atoms. The third kappa shape index (κ3) is 3.64. The smallest absolute Gasteiger partial charge is 0.151 e. The van der Waals surface area contributed by atoms with Crippen LogP contribution in [0.1, 0.15) is 42.0 Å². The van der Waals surface area contributed by atoms with Crippen LogP contribution in [-0.2, 0) is 25.9 Å². The first-order valence-electron chi connectivity index (χ1n) is 8.89. The molecular formula is C19H23N5O. The van der Waals surface area contributed by atoms with E-state index in [1.165, 1.54) is 36.2 Å². The fourth-order valence-electron chi connectivity index (χ4n) is 3.47. The first kappa shape index (κ1) is 16.0. The van der Waals surface area contributed by atoms with E-state index in [0.29, 0.717) is 6.54 Å². The third-order valence-corrected chi connectivity index (χ3v) is 4.75. The largest absolute Gasteiger partial charge is 0.359 e. The monoisotopic (exact) mass is 337 g/mol. The highest BCUT2D eigenvalue weighted by molar-refractivity contribution is 5.57. The van der Waals surface area contributed by atoms with Gasteiger partial charge in [-0.3, -0.25) is 15.0 Å². The van der Waals surface area contributed by atoms with Crippen LogP contribution >= 0.6 is 0 Å². The van der Waals surface area contributed by atoms with Gasteiger partial charge in [-0.15, -0.1) is 0 Å². The van der Waals surface area contributed by atoms with Gasteiger partial charge in [0.2, 0.25) is 0 Å². The number of rotatable bonds is 5. The molecule has 4 rings (SSSR count). The van der Waals surface area contributed by atoms with Crippen LogP contribution in [0.2, 0.25) is 0 Å². The molecule has 0 unspecified atom stereocenters. The summed E-state index contributed by atoms with van der Waals surface area (Å²) in [6.45, 7) is 1.52. The van der Waals surface area contributed by atoms with E-state index < -0.39 is 0 Å². The summed E-state index contributed by atoms with van der Waals surface area (Å²) < 4.78 is 5.49. The van der Waals surface area contributed by atoms with E-state index in [1.807, 2.05) is 18.2 Å². The van der Waals surface area contributed by atoms with Crippen LogP contribution < -0.4 is 0 Å². The van der Waals surface area contributed by atoms with Crippen molar-refractivity contribution in [3.8, 4) is 11.3 Å². The van der Waals surface area contributed by atoms with E-state index >= 15 is 0 Å². The van der Waals surface area contributed by atoms with Gasteiger partial charge < -0.3 is 4.52 Å². The topological polar surface area (TPSA) is 70.8 Å². The lowest BCUT2D eigenvalue weighted by Gasteiger charge is -2.14. The lowest BCUT2D eigenvalue weighted by atomic mass is 10.1. The normalized spacial score (nSPS) is 14.5. The van der Waals surface area contributed by atoms with E-state index in [9.17, 15) is 0 Å². The highest BCUT2D eigenvalue weighted by atomic mass is 16.5. The lowest BCUT2D eigenvalue weighted by Crippen LogP contribution is -2.18. The van der Waals surface area contributed by atoms with Gasteiger partial charge in [-0.05, 0) is 50.4 Å². The Morgan fingerprint density at radius 3 is 3.00 bits per heavy atom. The van der Waals surface area contributed by atoms with Gasteiger partial charge in [0, 0.05) is 36.3 Å². The predicted octanol–water partition coefficient (Wildman–Crippen LogP) is 3.36. The summed E-state index contributed by atoms with van der Waals surface area (Å²) in [6.07, 6.45) is 9.66. The van der Waals surface area contributed by atoms with Gasteiger partial charge in [-0.25, -0.2) is 0 Å². The molecule has 1 aliphatic rings. The number of hydrogen-bond donors (Lipinski definition) is 1. The summed E-state index contributed by atoms with van der Waals surface area (Å²) in [4.78, 5) is 6.34. The number of aryl methyl sites for hydroxylation is 1. The second-order valence-corrected chi connectivity index (χ2v) is 6.78. The third-order valence-electron chi connectivity index (χ3n) is 4.75. The van der Waals surface area contributed by atoms with Crippen molar-refractivity contribution >= 4 is 0 Å². The van der Waals surface area contributed by atoms with Crippen molar-refractivity contribution in [3.63, 3.8) is 0 Å². The number of aromatic nitrogens is 4. The molecule has 0 saturated heterocycles. The van der Waals surface area contributed by atoms with Crippen molar-refractivity contribution in [2.75, 3.05) is 7.05 Å². The summed E-state index contributed by atoms with van der Waals surface area (Å²) in [5, 5.41) is 12.0. The van der Waals surface area contributed by atoms with E-state index in [4.69, 9.17) is 4.52 Å². The number of H-pyrrole nitrogens is 1. The molecule has 1 aliphatic carbocycles. The van der Waals surface area contributed by atoms with Crippen LogP contribution in [0.25, 0.3) is 11.3 Å². The fraction of sp³-hybridized carbons (Fsp3) is 0.421. The molecule has 130 valence electrons. The van der Waals surface area contributed by atoms with E-state index in [-0.39, 0.29) is 0 Å². The molecule has 6 heteroatoms. The number of fused-ring (bicyclic) bond motifs is 1. The molecule has 0 fully saturated rings. The van der Waals surface area contributed by atoms with Crippen molar-refractivity contribution in [1.82, 2.24) is 25.2 Å².